The van der Waals surface area contributed by atoms with Crippen LogP contribution >= 0.6 is 11.3 Å². The summed E-state index contributed by atoms with van der Waals surface area (Å²) in [6, 6.07) is 16.0. The van der Waals surface area contributed by atoms with E-state index in [4.69, 9.17) is 0 Å². The van der Waals surface area contributed by atoms with Crippen molar-refractivity contribution >= 4 is 28.1 Å². The predicted octanol–water partition coefficient (Wildman–Crippen LogP) is 2.74. The predicted molar refractivity (Wildman–Crippen MR) is 107 cm³/mol. The van der Waals surface area contributed by atoms with Gasteiger partial charge in [-0.2, -0.15) is 9.50 Å². The van der Waals surface area contributed by atoms with Gasteiger partial charge in [-0.25, -0.2) is 0 Å². The summed E-state index contributed by atoms with van der Waals surface area (Å²) in [5.41, 5.74) is 4.03. The van der Waals surface area contributed by atoms with Crippen molar-refractivity contribution < 1.29 is 0 Å². The van der Waals surface area contributed by atoms with Gasteiger partial charge in [0.15, 0.2) is 5.82 Å². The number of benzene rings is 2. The maximum absolute atomic E-state index is 12.7. The normalized spacial score (nSPS) is 12.0. The lowest BCUT2D eigenvalue weighted by Crippen LogP contribution is -2.23. The van der Waals surface area contributed by atoms with Gasteiger partial charge in [0.25, 0.3) is 5.56 Å². The molecular weight excluding hydrogens is 344 g/mol. The summed E-state index contributed by atoms with van der Waals surface area (Å²) < 4.78 is 2.02. The molecule has 0 spiro atoms. The fourth-order valence-electron chi connectivity index (χ4n) is 2.76. The van der Waals surface area contributed by atoms with Crippen LogP contribution in [0.2, 0.25) is 0 Å². The second kappa shape index (κ2) is 6.38. The van der Waals surface area contributed by atoms with E-state index >= 15 is 0 Å². The number of aromatic nitrogens is 3. The van der Waals surface area contributed by atoms with Crippen molar-refractivity contribution in [2.45, 2.75) is 6.92 Å². The summed E-state index contributed by atoms with van der Waals surface area (Å²) in [6.45, 7) is 2.02. The first-order chi connectivity index (χ1) is 12.5. The van der Waals surface area contributed by atoms with Gasteiger partial charge in [-0.15, -0.1) is 5.10 Å². The van der Waals surface area contributed by atoms with Gasteiger partial charge in [0.05, 0.1) is 4.53 Å². The van der Waals surface area contributed by atoms with E-state index in [1.807, 2.05) is 80.5 Å². The Labute approximate surface area is 154 Å². The van der Waals surface area contributed by atoms with Gasteiger partial charge >= 0.3 is 0 Å². The maximum atomic E-state index is 12.7. The molecule has 0 amide bonds. The second-order valence-electron chi connectivity index (χ2n) is 6.40. The number of thiazole rings is 1. The van der Waals surface area contributed by atoms with Gasteiger partial charge in [-0.05, 0) is 36.8 Å². The Morgan fingerprint density at radius 3 is 2.54 bits per heavy atom. The zero-order chi connectivity index (χ0) is 18.3. The largest absolute Gasteiger partial charge is 0.378 e. The van der Waals surface area contributed by atoms with Crippen LogP contribution in [0, 0.1) is 6.92 Å². The van der Waals surface area contributed by atoms with Gasteiger partial charge in [-0.3, -0.25) is 4.79 Å². The van der Waals surface area contributed by atoms with Crippen molar-refractivity contribution in [3.05, 3.63) is 74.5 Å². The Hall–Kier alpha value is -2.99. The molecule has 0 atom stereocenters. The van der Waals surface area contributed by atoms with E-state index in [0.717, 1.165) is 22.4 Å². The fourth-order valence-corrected chi connectivity index (χ4v) is 3.67. The lowest BCUT2D eigenvalue weighted by atomic mass is 10.1. The molecule has 5 nitrogen and oxygen atoms in total. The topological polar surface area (TPSA) is 50.5 Å². The standard InChI is InChI=1S/C20H18N4OS/c1-13-5-4-6-15(11-13)18-21-20-24(22-18)19(25)17(26-20)12-14-7-9-16(10-8-14)23(2)3/h4-12H,1-3H3/b17-12+. The lowest BCUT2D eigenvalue weighted by Gasteiger charge is -2.11. The Morgan fingerprint density at radius 2 is 1.88 bits per heavy atom. The van der Waals surface area contributed by atoms with Crippen LogP contribution in [0.4, 0.5) is 5.69 Å². The van der Waals surface area contributed by atoms with E-state index < -0.39 is 0 Å². The summed E-state index contributed by atoms with van der Waals surface area (Å²) in [6.07, 6.45) is 1.88. The zero-order valence-corrected chi connectivity index (χ0v) is 15.6. The molecule has 0 aliphatic carbocycles. The quantitative estimate of drug-likeness (QED) is 0.562. The summed E-state index contributed by atoms with van der Waals surface area (Å²) in [5.74, 6) is 0.582. The highest BCUT2D eigenvalue weighted by Gasteiger charge is 2.12. The van der Waals surface area contributed by atoms with E-state index in [2.05, 4.69) is 10.1 Å². The van der Waals surface area contributed by atoms with Crippen molar-refractivity contribution in [3.63, 3.8) is 0 Å². The molecule has 130 valence electrons. The van der Waals surface area contributed by atoms with Crippen LogP contribution in [0.15, 0.2) is 53.3 Å². The highest BCUT2D eigenvalue weighted by molar-refractivity contribution is 7.15. The van der Waals surface area contributed by atoms with Gasteiger partial charge < -0.3 is 4.90 Å². The zero-order valence-electron chi connectivity index (χ0n) is 14.8. The number of hydrogen-bond donors (Lipinski definition) is 0. The second-order valence-corrected chi connectivity index (χ2v) is 7.41. The average Bonchev–Trinajstić information content (AvgIpc) is 3.16. The number of rotatable bonds is 3. The minimum atomic E-state index is -0.131. The van der Waals surface area contributed by atoms with Crippen molar-refractivity contribution in [2.75, 3.05) is 19.0 Å². The van der Waals surface area contributed by atoms with Crippen molar-refractivity contribution in [1.29, 1.82) is 0 Å². The highest BCUT2D eigenvalue weighted by Crippen LogP contribution is 2.18. The van der Waals surface area contributed by atoms with Gasteiger partial charge in [0.1, 0.15) is 0 Å². The van der Waals surface area contributed by atoms with E-state index in [-0.39, 0.29) is 5.56 Å². The van der Waals surface area contributed by atoms with Crippen molar-refractivity contribution in [2.24, 2.45) is 0 Å². The molecule has 2 aromatic carbocycles. The molecule has 0 saturated heterocycles. The lowest BCUT2D eigenvalue weighted by molar-refractivity contribution is 0.936. The third-order valence-electron chi connectivity index (χ3n) is 4.17. The smallest absolute Gasteiger partial charge is 0.291 e. The monoisotopic (exact) mass is 362 g/mol. The number of hydrogen-bond acceptors (Lipinski definition) is 5. The minimum absolute atomic E-state index is 0.131. The molecular formula is C20H18N4OS. The van der Waals surface area contributed by atoms with Crippen LogP contribution in [0.1, 0.15) is 11.1 Å². The van der Waals surface area contributed by atoms with Gasteiger partial charge in [-0.1, -0.05) is 47.2 Å². The summed E-state index contributed by atoms with van der Waals surface area (Å²) >= 11 is 1.36. The fraction of sp³-hybridized carbons (Fsp3) is 0.150. The molecule has 0 aliphatic rings. The Kier molecular flexibility index (Phi) is 4.05. The van der Waals surface area contributed by atoms with Crippen molar-refractivity contribution in [1.82, 2.24) is 14.6 Å². The molecule has 0 radical (unpaired) electrons. The van der Waals surface area contributed by atoms with Crippen LogP contribution in [-0.4, -0.2) is 28.7 Å². The van der Waals surface area contributed by atoms with Crippen LogP contribution < -0.4 is 15.0 Å². The SMILES string of the molecule is Cc1cccc(-c2nc3s/c(=C/c4ccc(N(C)C)cc4)c(=O)n3n2)c1. The molecule has 6 heteroatoms. The van der Waals surface area contributed by atoms with E-state index in [0.29, 0.717) is 15.3 Å². The Bertz CT molecular complexity index is 1190. The van der Waals surface area contributed by atoms with E-state index in [1.54, 1.807) is 0 Å². The van der Waals surface area contributed by atoms with Crippen LogP contribution in [0.3, 0.4) is 0 Å². The molecule has 4 aromatic rings. The first kappa shape index (κ1) is 16.5. The number of fused-ring (bicyclic) bond motifs is 1. The highest BCUT2D eigenvalue weighted by atomic mass is 32.1. The molecule has 0 bridgehead atoms. The van der Waals surface area contributed by atoms with Crippen molar-refractivity contribution in [3.8, 4) is 11.4 Å². The third-order valence-corrected chi connectivity index (χ3v) is 5.12. The molecule has 0 N–H and O–H groups in total. The summed E-state index contributed by atoms with van der Waals surface area (Å²) in [4.78, 5) is 19.8. The first-order valence-electron chi connectivity index (χ1n) is 8.27. The number of aryl methyl sites for hydroxylation is 1. The Balaban J connectivity index is 1.75. The summed E-state index contributed by atoms with van der Waals surface area (Å²) in [5, 5.41) is 4.40. The molecule has 2 heterocycles. The van der Waals surface area contributed by atoms with Crippen LogP contribution in [0.5, 0.6) is 0 Å². The van der Waals surface area contributed by atoms with Gasteiger partial charge in [0.2, 0.25) is 4.96 Å². The van der Waals surface area contributed by atoms with Crippen LogP contribution in [0.25, 0.3) is 22.4 Å². The molecule has 2 aromatic heterocycles. The number of nitrogens with zero attached hydrogens (tertiary/aromatic N) is 4. The van der Waals surface area contributed by atoms with E-state index in [9.17, 15) is 4.79 Å². The number of anilines is 1. The Morgan fingerprint density at radius 1 is 1.12 bits per heavy atom. The molecule has 4 rings (SSSR count). The van der Waals surface area contributed by atoms with E-state index in [1.165, 1.54) is 15.9 Å². The summed E-state index contributed by atoms with van der Waals surface area (Å²) in [7, 11) is 4.00. The molecule has 0 aliphatic heterocycles. The molecule has 0 saturated carbocycles. The first-order valence-corrected chi connectivity index (χ1v) is 9.09. The molecule has 0 fully saturated rings. The van der Waals surface area contributed by atoms with Gasteiger partial charge in [0, 0.05) is 25.3 Å². The maximum Gasteiger partial charge on any atom is 0.291 e. The molecule has 0 unspecified atom stereocenters. The van der Waals surface area contributed by atoms with Crippen LogP contribution in [-0.2, 0) is 0 Å². The third kappa shape index (κ3) is 2.99. The molecule has 26 heavy (non-hydrogen) atoms. The minimum Gasteiger partial charge on any atom is -0.378 e. The average molecular weight is 362 g/mol.